The predicted molar refractivity (Wildman–Crippen MR) is 83.2 cm³/mol. The van der Waals surface area contributed by atoms with Crippen molar-refractivity contribution in [2.45, 2.75) is 46.1 Å². The largest absolute Gasteiger partial charge is 0.314 e. The Morgan fingerprint density at radius 3 is 2.33 bits per heavy atom. The van der Waals surface area contributed by atoms with Crippen molar-refractivity contribution in [2.75, 3.05) is 12.0 Å². The Morgan fingerprint density at radius 2 is 1.81 bits per heavy atom. The van der Waals surface area contributed by atoms with E-state index in [0.717, 1.165) is 22.7 Å². The molecule has 0 amide bonds. The molecule has 2 aromatic rings. The summed E-state index contributed by atoms with van der Waals surface area (Å²) in [6.45, 7) is 8.59. The van der Waals surface area contributed by atoms with Crippen LogP contribution in [0.15, 0.2) is 6.33 Å². The van der Waals surface area contributed by atoms with Crippen LogP contribution in [0.4, 0.5) is 0 Å². The molecule has 0 fully saturated rings. The average molecular weight is 310 g/mol. The van der Waals surface area contributed by atoms with Gasteiger partial charge in [0.15, 0.2) is 5.65 Å². The lowest BCUT2D eigenvalue weighted by atomic mass is 10.1. The van der Waals surface area contributed by atoms with E-state index in [1.165, 1.54) is 6.26 Å². The van der Waals surface area contributed by atoms with Gasteiger partial charge < -0.3 is 4.57 Å². The normalized spacial score (nSPS) is 12.7. The number of hydrogen-bond donors (Lipinski definition) is 0. The van der Waals surface area contributed by atoms with E-state index in [2.05, 4.69) is 28.8 Å². The molecule has 0 saturated carbocycles. The number of nitrogens with zero attached hydrogens (tertiary/aromatic N) is 4. The third-order valence-electron chi connectivity index (χ3n) is 3.27. The van der Waals surface area contributed by atoms with Gasteiger partial charge in [-0.2, -0.15) is 0 Å². The lowest BCUT2D eigenvalue weighted by molar-refractivity contribution is 0.595. The standard InChI is InChI=1S/C14H22N4O2S/c1-9(2)11-12-14(17-13(16-11)10(3)4)18(8-15-12)6-7-21(5,19)20/h8-10H,6-7H2,1-5H3. The molecule has 2 heterocycles. The molecule has 0 radical (unpaired) electrons. The molecule has 0 N–H and O–H groups in total. The van der Waals surface area contributed by atoms with E-state index in [1.807, 2.05) is 13.8 Å². The van der Waals surface area contributed by atoms with Crippen LogP contribution in [0, 0.1) is 0 Å². The molecule has 0 aliphatic carbocycles. The molecule has 21 heavy (non-hydrogen) atoms. The van der Waals surface area contributed by atoms with Gasteiger partial charge in [0.1, 0.15) is 21.2 Å². The third kappa shape index (κ3) is 3.58. The number of aromatic nitrogens is 4. The molecule has 116 valence electrons. The van der Waals surface area contributed by atoms with Crippen molar-refractivity contribution in [1.82, 2.24) is 19.5 Å². The summed E-state index contributed by atoms with van der Waals surface area (Å²) in [4.78, 5) is 13.6. The van der Waals surface area contributed by atoms with Gasteiger partial charge in [-0.1, -0.05) is 27.7 Å². The average Bonchev–Trinajstić information content (AvgIpc) is 2.77. The number of imidazole rings is 1. The van der Waals surface area contributed by atoms with E-state index in [9.17, 15) is 8.42 Å². The maximum Gasteiger partial charge on any atom is 0.163 e. The first-order valence-electron chi connectivity index (χ1n) is 7.09. The summed E-state index contributed by atoms with van der Waals surface area (Å²) in [6.07, 6.45) is 2.89. The minimum Gasteiger partial charge on any atom is -0.314 e. The van der Waals surface area contributed by atoms with Crippen molar-refractivity contribution in [2.24, 2.45) is 0 Å². The van der Waals surface area contributed by atoms with Crippen LogP contribution in [0.1, 0.15) is 51.0 Å². The highest BCUT2D eigenvalue weighted by atomic mass is 32.2. The highest BCUT2D eigenvalue weighted by molar-refractivity contribution is 7.90. The fourth-order valence-electron chi connectivity index (χ4n) is 2.07. The van der Waals surface area contributed by atoms with Gasteiger partial charge in [0.25, 0.3) is 0 Å². The van der Waals surface area contributed by atoms with Crippen molar-refractivity contribution in [1.29, 1.82) is 0 Å². The fourth-order valence-corrected chi connectivity index (χ4v) is 2.60. The molecule has 6 nitrogen and oxygen atoms in total. The molecule has 0 saturated heterocycles. The van der Waals surface area contributed by atoms with Gasteiger partial charge in [0.2, 0.25) is 0 Å². The van der Waals surface area contributed by atoms with E-state index in [-0.39, 0.29) is 17.6 Å². The summed E-state index contributed by atoms with van der Waals surface area (Å²) in [6, 6.07) is 0. The summed E-state index contributed by atoms with van der Waals surface area (Å²) in [5.74, 6) is 1.31. The maximum absolute atomic E-state index is 11.3. The molecule has 2 rings (SSSR count). The fraction of sp³-hybridized carbons (Fsp3) is 0.643. The van der Waals surface area contributed by atoms with Gasteiger partial charge in [-0.25, -0.2) is 23.4 Å². The van der Waals surface area contributed by atoms with Gasteiger partial charge in [0.05, 0.1) is 17.8 Å². The maximum atomic E-state index is 11.3. The van der Waals surface area contributed by atoms with E-state index >= 15 is 0 Å². The Morgan fingerprint density at radius 1 is 1.14 bits per heavy atom. The van der Waals surface area contributed by atoms with Crippen LogP contribution in [0.2, 0.25) is 0 Å². The second-order valence-electron chi connectivity index (χ2n) is 6.02. The molecule has 0 aliphatic rings. The molecule has 0 aliphatic heterocycles. The first kappa shape index (κ1) is 15.9. The molecule has 0 bridgehead atoms. The predicted octanol–water partition coefficient (Wildman–Crippen LogP) is 2.12. The molecule has 0 aromatic carbocycles. The van der Waals surface area contributed by atoms with Crippen molar-refractivity contribution in [3.63, 3.8) is 0 Å². The van der Waals surface area contributed by atoms with Crippen LogP contribution in [-0.2, 0) is 16.4 Å². The zero-order chi connectivity index (χ0) is 15.8. The molecule has 0 atom stereocenters. The van der Waals surface area contributed by atoms with Crippen molar-refractivity contribution < 1.29 is 8.42 Å². The number of hydrogen-bond acceptors (Lipinski definition) is 5. The van der Waals surface area contributed by atoms with Crippen LogP contribution in [0.3, 0.4) is 0 Å². The monoisotopic (exact) mass is 310 g/mol. The molecular formula is C14H22N4O2S. The molecule has 2 aromatic heterocycles. The quantitative estimate of drug-likeness (QED) is 0.845. The minimum absolute atomic E-state index is 0.0798. The number of aryl methyl sites for hydroxylation is 1. The summed E-state index contributed by atoms with van der Waals surface area (Å²) in [5, 5.41) is 0. The van der Waals surface area contributed by atoms with Gasteiger partial charge >= 0.3 is 0 Å². The zero-order valence-electron chi connectivity index (χ0n) is 13.2. The lowest BCUT2D eigenvalue weighted by Crippen LogP contribution is -2.12. The smallest absolute Gasteiger partial charge is 0.163 e. The lowest BCUT2D eigenvalue weighted by Gasteiger charge is -2.11. The van der Waals surface area contributed by atoms with Crippen LogP contribution in [0.5, 0.6) is 0 Å². The van der Waals surface area contributed by atoms with E-state index in [0.29, 0.717) is 6.54 Å². The number of sulfone groups is 1. The van der Waals surface area contributed by atoms with Crippen molar-refractivity contribution in [3.05, 3.63) is 17.8 Å². The van der Waals surface area contributed by atoms with Gasteiger partial charge in [-0.15, -0.1) is 0 Å². The highest BCUT2D eigenvalue weighted by Crippen LogP contribution is 2.23. The summed E-state index contributed by atoms with van der Waals surface area (Å²) in [7, 11) is -3.01. The topological polar surface area (TPSA) is 77.7 Å². The zero-order valence-corrected chi connectivity index (χ0v) is 14.0. The summed E-state index contributed by atoms with van der Waals surface area (Å²) in [5.41, 5.74) is 2.41. The first-order valence-corrected chi connectivity index (χ1v) is 9.15. The van der Waals surface area contributed by atoms with Crippen LogP contribution in [0.25, 0.3) is 11.2 Å². The Labute approximate surface area is 125 Å². The second kappa shape index (κ2) is 5.71. The minimum atomic E-state index is -3.01. The molecule has 0 unspecified atom stereocenters. The third-order valence-corrected chi connectivity index (χ3v) is 4.20. The van der Waals surface area contributed by atoms with E-state index < -0.39 is 9.84 Å². The van der Waals surface area contributed by atoms with Gasteiger partial charge in [-0.3, -0.25) is 0 Å². The number of fused-ring (bicyclic) bond motifs is 1. The Bertz CT molecular complexity index is 748. The Balaban J connectivity index is 2.54. The first-order chi connectivity index (χ1) is 9.69. The molecule has 7 heteroatoms. The molecule has 0 spiro atoms. The Kier molecular flexibility index (Phi) is 4.32. The summed E-state index contributed by atoms with van der Waals surface area (Å²) >= 11 is 0. The number of rotatable bonds is 5. The van der Waals surface area contributed by atoms with Gasteiger partial charge in [-0.05, 0) is 5.92 Å². The summed E-state index contributed by atoms with van der Waals surface area (Å²) < 4.78 is 24.5. The Hall–Kier alpha value is -1.50. The van der Waals surface area contributed by atoms with Crippen LogP contribution in [-0.4, -0.2) is 39.9 Å². The second-order valence-corrected chi connectivity index (χ2v) is 8.28. The SMILES string of the molecule is CC(C)c1nc(C(C)C)c2ncn(CCS(C)(=O)=O)c2n1. The van der Waals surface area contributed by atoms with E-state index in [4.69, 9.17) is 0 Å². The van der Waals surface area contributed by atoms with Crippen molar-refractivity contribution >= 4 is 21.0 Å². The van der Waals surface area contributed by atoms with Crippen LogP contribution < -0.4 is 0 Å². The van der Waals surface area contributed by atoms with E-state index in [1.54, 1.807) is 10.9 Å². The molecular weight excluding hydrogens is 288 g/mol. The van der Waals surface area contributed by atoms with Gasteiger partial charge in [0, 0.05) is 18.7 Å². The van der Waals surface area contributed by atoms with Crippen LogP contribution >= 0.6 is 0 Å². The van der Waals surface area contributed by atoms with Crippen molar-refractivity contribution in [3.8, 4) is 0 Å². The highest BCUT2D eigenvalue weighted by Gasteiger charge is 2.17.